The molecule has 0 spiro atoms. The average molecular weight is 377 g/mol. The lowest BCUT2D eigenvalue weighted by Gasteiger charge is -2.31. The van der Waals surface area contributed by atoms with Crippen LogP contribution in [0.25, 0.3) is 0 Å². The Morgan fingerprint density at radius 2 is 1.92 bits per heavy atom. The van der Waals surface area contributed by atoms with Crippen LogP contribution in [0.1, 0.15) is 18.9 Å². The van der Waals surface area contributed by atoms with Crippen molar-refractivity contribution in [2.24, 2.45) is 0 Å². The van der Waals surface area contributed by atoms with Gasteiger partial charge in [-0.2, -0.15) is 0 Å². The smallest absolute Gasteiger partial charge is 0.247 e. The van der Waals surface area contributed by atoms with E-state index in [0.29, 0.717) is 22.3 Å². The van der Waals surface area contributed by atoms with Crippen molar-refractivity contribution in [3.63, 3.8) is 0 Å². The summed E-state index contributed by atoms with van der Waals surface area (Å²) in [6.45, 7) is 1.98. The molecule has 130 valence electrons. The first-order chi connectivity index (χ1) is 12.0. The van der Waals surface area contributed by atoms with Crippen LogP contribution in [0, 0.1) is 0 Å². The second-order valence-corrected chi connectivity index (χ2v) is 6.82. The van der Waals surface area contributed by atoms with Gasteiger partial charge in [-0.3, -0.25) is 9.59 Å². The molecule has 0 atom stereocenters. The van der Waals surface area contributed by atoms with Crippen molar-refractivity contribution < 1.29 is 9.59 Å². The monoisotopic (exact) mass is 376 g/mol. The number of para-hydroxylation sites is 1. The molecule has 3 rings (SSSR count). The average Bonchev–Trinajstić information content (AvgIpc) is 2.61. The van der Waals surface area contributed by atoms with E-state index in [4.69, 9.17) is 23.2 Å². The lowest BCUT2D eigenvalue weighted by Crippen LogP contribution is -2.44. The maximum Gasteiger partial charge on any atom is 0.247 e. The molecule has 0 N–H and O–H groups in total. The molecule has 0 fully saturated rings. The third-order valence-electron chi connectivity index (χ3n) is 4.28. The molecule has 2 aromatic rings. The Morgan fingerprint density at radius 1 is 1.16 bits per heavy atom. The number of fused-ring (bicyclic) bond motifs is 1. The molecule has 1 heterocycles. The zero-order valence-electron chi connectivity index (χ0n) is 13.8. The van der Waals surface area contributed by atoms with E-state index >= 15 is 0 Å². The summed E-state index contributed by atoms with van der Waals surface area (Å²) in [6, 6.07) is 12.7. The van der Waals surface area contributed by atoms with E-state index in [0.717, 1.165) is 24.1 Å². The SMILES string of the molecule is CC(=O)N(CC(=O)N1CCCc2ccccc21)c1cc(Cl)ccc1Cl. The summed E-state index contributed by atoms with van der Waals surface area (Å²) in [5.41, 5.74) is 2.51. The Balaban J connectivity index is 1.88. The van der Waals surface area contributed by atoms with Gasteiger partial charge in [0.1, 0.15) is 6.54 Å². The quantitative estimate of drug-likeness (QED) is 0.799. The number of benzene rings is 2. The van der Waals surface area contributed by atoms with Crippen LogP contribution in [0.2, 0.25) is 10.0 Å². The first-order valence-electron chi connectivity index (χ1n) is 8.09. The molecule has 1 aliphatic heterocycles. The summed E-state index contributed by atoms with van der Waals surface area (Å²) in [4.78, 5) is 28.1. The molecule has 2 amide bonds. The van der Waals surface area contributed by atoms with Crippen LogP contribution >= 0.6 is 23.2 Å². The summed E-state index contributed by atoms with van der Waals surface area (Å²) in [7, 11) is 0. The minimum atomic E-state index is -0.261. The third kappa shape index (κ3) is 3.80. The van der Waals surface area contributed by atoms with Crippen LogP contribution in [-0.2, 0) is 16.0 Å². The summed E-state index contributed by atoms with van der Waals surface area (Å²) in [6.07, 6.45) is 1.86. The third-order valence-corrected chi connectivity index (χ3v) is 4.84. The molecular formula is C19H18Cl2N2O2. The van der Waals surface area contributed by atoms with Gasteiger partial charge in [-0.15, -0.1) is 0 Å². The molecule has 0 unspecified atom stereocenters. The van der Waals surface area contributed by atoms with Gasteiger partial charge in [0.05, 0.1) is 10.7 Å². The van der Waals surface area contributed by atoms with Crippen molar-refractivity contribution in [2.75, 3.05) is 22.9 Å². The fourth-order valence-electron chi connectivity index (χ4n) is 3.07. The Bertz CT molecular complexity index is 823. The predicted octanol–water partition coefficient (Wildman–Crippen LogP) is 4.33. The van der Waals surface area contributed by atoms with Gasteiger partial charge in [-0.25, -0.2) is 0 Å². The molecule has 0 saturated carbocycles. The van der Waals surface area contributed by atoms with Crippen LogP contribution in [0.5, 0.6) is 0 Å². The second kappa shape index (κ2) is 7.46. The van der Waals surface area contributed by atoms with Crippen LogP contribution < -0.4 is 9.80 Å². The molecule has 25 heavy (non-hydrogen) atoms. The highest BCUT2D eigenvalue weighted by molar-refractivity contribution is 6.36. The van der Waals surface area contributed by atoms with Gasteiger partial charge in [-0.1, -0.05) is 41.4 Å². The van der Waals surface area contributed by atoms with Crippen molar-refractivity contribution in [3.05, 3.63) is 58.1 Å². The lowest BCUT2D eigenvalue weighted by atomic mass is 10.0. The second-order valence-electron chi connectivity index (χ2n) is 5.98. The van der Waals surface area contributed by atoms with Crippen molar-refractivity contribution in [1.29, 1.82) is 0 Å². The highest BCUT2D eigenvalue weighted by Gasteiger charge is 2.26. The number of halogens is 2. The highest BCUT2D eigenvalue weighted by Crippen LogP contribution is 2.31. The number of rotatable bonds is 3. The zero-order valence-corrected chi connectivity index (χ0v) is 15.3. The molecule has 0 saturated heterocycles. The fraction of sp³-hybridized carbons (Fsp3) is 0.263. The fourth-order valence-corrected chi connectivity index (χ4v) is 3.46. The van der Waals surface area contributed by atoms with Crippen molar-refractivity contribution in [2.45, 2.75) is 19.8 Å². The standard InChI is InChI=1S/C19H18Cl2N2O2/c1-13(24)23(18-11-15(20)8-9-16(18)21)12-19(25)22-10-4-6-14-5-2-3-7-17(14)22/h2-3,5,7-9,11H,4,6,10,12H2,1H3. The molecule has 6 heteroatoms. The summed E-state index contributed by atoms with van der Waals surface area (Å²) < 4.78 is 0. The number of carbonyl (C=O) groups is 2. The maximum atomic E-state index is 12.9. The normalized spacial score (nSPS) is 13.3. The molecule has 0 aliphatic carbocycles. The Labute approximate surface area is 156 Å². The van der Waals surface area contributed by atoms with Crippen LogP contribution in [0.4, 0.5) is 11.4 Å². The predicted molar refractivity (Wildman–Crippen MR) is 102 cm³/mol. The molecule has 1 aliphatic rings. The maximum absolute atomic E-state index is 12.9. The van der Waals surface area contributed by atoms with Crippen molar-refractivity contribution >= 4 is 46.4 Å². The minimum Gasteiger partial charge on any atom is -0.311 e. The number of amides is 2. The Hall–Kier alpha value is -2.04. The first kappa shape index (κ1) is 17.8. The molecule has 2 aromatic carbocycles. The molecule has 0 aromatic heterocycles. The van der Waals surface area contributed by atoms with Crippen molar-refractivity contribution in [1.82, 2.24) is 0 Å². The van der Waals surface area contributed by atoms with Gasteiger partial charge in [0, 0.05) is 24.2 Å². The highest BCUT2D eigenvalue weighted by atomic mass is 35.5. The largest absolute Gasteiger partial charge is 0.311 e. The molecule has 4 nitrogen and oxygen atoms in total. The number of nitrogens with zero attached hydrogens (tertiary/aromatic N) is 2. The first-order valence-corrected chi connectivity index (χ1v) is 8.84. The van der Waals surface area contributed by atoms with E-state index < -0.39 is 0 Å². The van der Waals surface area contributed by atoms with E-state index in [1.54, 1.807) is 23.1 Å². The van der Waals surface area contributed by atoms with Gasteiger partial charge < -0.3 is 9.80 Å². The number of anilines is 2. The topological polar surface area (TPSA) is 40.6 Å². The van der Waals surface area contributed by atoms with Crippen LogP contribution in [0.3, 0.4) is 0 Å². The van der Waals surface area contributed by atoms with E-state index in [1.807, 2.05) is 24.3 Å². The van der Waals surface area contributed by atoms with Crippen molar-refractivity contribution in [3.8, 4) is 0 Å². The van der Waals surface area contributed by atoms with E-state index in [2.05, 4.69) is 0 Å². The lowest BCUT2D eigenvalue weighted by molar-refractivity contribution is -0.121. The number of carbonyl (C=O) groups excluding carboxylic acids is 2. The Morgan fingerprint density at radius 3 is 2.68 bits per heavy atom. The zero-order chi connectivity index (χ0) is 18.0. The van der Waals surface area contributed by atoms with Gasteiger partial charge in [0.15, 0.2) is 0 Å². The van der Waals surface area contributed by atoms with Crippen LogP contribution in [0.15, 0.2) is 42.5 Å². The summed E-state index contributed by atoms with van der Waals surface area (Å²) in [5, 5.41) is 0.841. The Kier molecular flexibility index (Phi) is 5.30. The van der Waals surface area contributed by atoms with Crippen LogP contribution in [-0.4, -0.2) is 24.9 Å². The summed E-state index contributed by atoms with van der Waals surface area (Å²) in [5.74, 6) is -0.402. The number of hydrogen-bond donors (Lipinski definition) is 0. The van der Waals surface area contributed by atoms with E-state index in [9.17, 15) is 9.59 Å². The van der Waals surface area contributed by atoms with Gasteiger partial charge in [-0.05, 0) is 42.7 Å². The van der Waals surface area contributed by atoms with Gasteiger partial charge in [0.2, 0.25) is 11.8 Å². The number of aryl methyl sites for hydroxylation is 1. The van der Waals surface area contributed by atoms with Gasteiger partial charge in [0.25, 0.3) is 0 Å². The molecular weight excluding hydrogens is 359 g/mol. The van der Waals surface area contributed by atoms with Gasteiger partial charge >= 0.3 is 0 Å². The number of hydrogen-bond acceptors (Lipinski definition) is 2. The minimum absolute atomic E-state index is 0.0796. The van der Waals surface area contributed by atoms with E-state index in [-0.39, 0.29) is 18.4 Å². The van der Waals surface area contributed by atoms with E-state index in [1.165, 1.54) is 11.8 Å². The molecule has 0 radical (unpaired) electrons. The molecule has 0 bridgehead atoms. The summed E-state index contributed by atoms with van der Waals surface area (Å²) >= 11 is 12.2.